The molecule has 1 heterocycles. The van der Waals surface area contributed by atoms with E-state index in [0.717, 1.165) is 42.6 Å². The van der Waals surface area contributed by atoms with Gasteiger partial charge < -0.3 is 24.6 Å². The largest absolute Gasteiger partial charge is 0.481 e. The Morgan fingerprint density at radius 2 is 1.77 bits per heavy atom. The minimum atomic E-state index is -1.13. The maximum Gasteiger partial charge on any atom is 0.341 e. The number of hydrogen-bond acceptors (Lipinski definition) is 4. The molecule has 0 unspecified atom stereocenters. The number of Topliss-reactive ketones (excluding diaryl/α,β-unsaturated/α-hetero) is 1. The molecular formula is C22H32N3O5+. The fourth-order valence-electron chi connectivity index (χ4n) is 4.15. The summed E-state index contributed by atoms with van der Waals surface area (Å²) in [5.41, 5.74) is 6.82. The number of aliphatic carboxylic acids is 1. The van der Waals surface area contributed by atoms with Crippen LogP contribution in [-0.4, -0.2) is 64.6 Å². The molecule has 0 radical (unpaired) electrons. The molecule has 0 aliphatic rings. The highest BCUT2D eigenvalue weighted by molar-refractivity contribution is 6.45. The van der Waals surface area contributed by atoms with Gasteiger partial charge in [-0.2, -0.15) is 0 Å². The van der Waals surface area contributed by atoms with Gasteiger partial charge in [0.05, 0.1) is 42.6 Å². The second kappa shape index (κ2) is 9.75. The monoisotopic (exact) mass is 418 g/mol. The Bertz CT molecular complexity index is 936. The molecule has 0 saturated heterocycles. The van der Waals surface area contributed by atoms with E-state index < -0.39 is 24.3 Å². The van der Waals surface area contributed by atoms with E-state index >= 15 is 0 Å². The highest BCUT2D eigenvalue weighted by Gasteiger charge is 2.27. The maximum atomic E-state index is 12.6. The predicted octanol–water partition coefficient (Wildman–Crippen LogP) is 2.35. The number of nitrogens with two attached hydrogens (primary N) is 1. The molecule has 0 saturated carbocycles. The number of carbonyl (C=O) groups is 3. The van der Waals surface area contributed by atoms with Gasteiger partial charge in [-0.1, -0.05) is 6.07 Å². The van der Waals surface area contributed by atoms with Gasteiger partial charge in [0.1, 0.15) is 5.75 Å². The molecule has 2 aromatic rings. The lowest BCUT2D eigenvalue weighted by molar-refractivity contribution is -0.923. The van der Waals surface area contributed by atoms with Crippen molar-refractivity contribution in [2.24, 2.45) is 5.73 Å². The number of aryl methyl sites for hydroxylation is 1. The number of ketones is 1. The van der Waals surface area contributed by atoms with Crippen LogP contribution in [0.4, 0.5) is 0 Å². The summed E-state index contributed by atoms with van der Waals surface area (Å²) in [5.74, 6) is -2.73. The summed E-state index contributed by atoms with van der Waals surface area (Å²) in [6, 6.07) is 5.19. The zero-order chi connectivity index (χ0) is 22.5. The average Bonchev–Trinajstić information content (AvgIpc) is 3.01. The van der Waals surface area contributed by atoms with Crippen molar-refractivity contribution in [1.82, 2.24) is 4.57 Å². The van der Waals surface area contributed by atoms with Gasteiger partial charge in [-0.3, -0.25) is 9.59 Å². The van der Waals surface area contributed by atoms with Gasteiger partial charge in [0, 0.05) is 18.7 Å². The lowest BCUT2D eigenvalue weighted by Gasteiger charge is -2.36. The second-order valence-corrected chi connectivity index (χ2v) is 7.51. The van der Waals surface area contributed by atoms with Gasteiger partial charge in [-0.25, -0.2) is 4.79 Å². The van der Waals surface area contributed by atoms with Crippen molar-refractivity contribution in [2.45, 2.75) is 40.7 Å². The van der Waals surface area contributed by atoms with Crippen molar-refractivity contribution in [1.29, 1.82) is 0 Å². The van der Waals surface area contributed by atoms with Gasteiger partial charge in [0.2, 0.25) is 0 Å². The normalized spacial score (nSPS) is 11.6. The molecule has 0 bridgehead atoms. The van der Waals surface area contributed by atoms with E-state index in [0.29, 0.717) is 17.6 Å². The van der Waals surface area contributed by atoms with E-state index in [2.05, 4.69) is 20.8 Å². The molecule has 0 atom stereocenters. The van der Waals surface area contributed by atoms with Gasteiger partial charge in [0.25, 0.3) is 11.7 Å². The molecule has 0 spiro atoms. The summed E-state index contributed by atoms with van der Waals surface area (Å²) in [6.07, 6.45) is 0.893. The van der Waals surface area contributed by atoms with Crippen molar-refractivity contribution in [3.05, 3.63) is 29.5 Å². The van der Waals surface area contributed by atoms with Crippen molar-refractivity contribution >= 4 is 28.6 Å². The minimum absolute atomic E-state index is 0.181. The molecule has 164 valence electrons. The third kappa shape index (κ3) is 4.64. The Morgan fingerprint density at radius 3 is 2.30 bits per heavy atom. The van der Waals surface area contributed by atoms with E-state index in [4.69, 9.17) is 15.6 Å². The van der Waals surface area contributed by atoms with Gasteiger partial charge in [0.15, 0.2) is 6.61 Å². The summed E-state index contributed by atoms with van der Waals surface area (Å²) in [4.78, 5) is 35.2. The first-order chi connectivity index (χ1) is 14.2. The third-order valence-electron chi connectivity index (χ3n) is 6.14. The molecule has 0 fully saturated rings. The summed E-state index contributed by atoms with van der Waals surface area (Å²) in [5, 5.41) is 9.40. The number of hydrogen-bond donors (Lipinski definition) is 2. The van der Waals surface area contributed by atoms with Crippen LogP contribution in [0.1, 0.15) is 43.2 Å². The third-order valence-corrected chi connectivity index (χ3v) is 6.14. The van der Waals surface area contributed by atoms with Gasteiger partial charge in [-0.15, -0.1) is 0 Å². The first-order valence-corrected chi connectivity index (χ1v) is 10.4. The standard InChI is InChI=1S/C22H31N3O5/c1-5-25(6-2,7-3)13-9-12-24-15(4)19(21(28)22(23)29)20-16(24)10-8-11-17(20)30-14-18(26)27/h8,10-11H,5-7,9,12-14H2,1-4H3,(H2-,23,26,27,29)/p+1. The summed E-state index contributed by atoms with van der Waals surface area (Å²) in [6.45, 7) is 12.6. The molecule has 8 heteroatoms. The van der Waals surface area contributed by atoms with Crippen molar-refractivity contribution in [3.8, 4) is 5.75 Å². The second-order valence-electron chi connectivity index (χ2n) is 7.51. The lowest BCUT2D eigenvalue weighted by Crippen LogP contribution is -2.48. The van der Waals surface area contributed by atoms with Gasteiger partial charge in [-0.05, 0) is 39.8 Å². The number of primary amides is 1. The number of ether oxygens (including phenoxy) is 1. The number of amides is 1. The van der Waals surface area contributed by atoms with Crippen LogP contribution in [0.3, 0.4) is 0 Å². The molecule has 0 aliphatic heterocycles. The van der Waals surface area contributed by atoms with Crippen LogP contribution in [-0.2, 0) is 16.1 Å². The fourth-order valence-corrected chi connectivity index (χ4v) is 4.15. The molecule has 2 rings (SSSR count). The Morgan fingerprint density at radius 1 is 1.13 bits per heavy atom. The van der Waals surface area contributed by atoms with Crippen LogP contribution >= 0.6 is 0 Å². The molecule has 8 nitrogen and oxygen atoms in total. The number of nitrogens with zero attached hydrogens (tertiary/aromatic N) is 2. The Balaban J connectivity index is 2.51. The summed E-state index contributed by atoms with van der Waals surface area (Å²) >= 11 is 0. The first kappa shape index (κ1) is 23.4. The molecule has 1 aromatic carbocycles. The van der Waals surface area contributed by atoms with E-state index in [1.165, 1.54) is 0 Å². The van der Waals surface area contributed by atoms with E-state index in [1.54, 1.807) is 19.1 Å². The van der Waals surface area contributed by atoms with Crippen LogP contribution in [0.25, 0.3) is 10.9 Å². The average molecular weight is 419 g/mol. The highest BCUT2D eigenvalue weighted by Crippen LogP contribution is 2.34. The van der Waals surface area contributed by atoms with Crippen LogP contribution in [0.5, 0.6) is 5.75 Å². The van der Waals surface area contributed by atoms with Crippen LogP contribution < -0.4 is 10.5 Å². The number of quaternary nitrogens is 1. The first-order valence-electron chi connectivity index (χ1n) is 10.4. The smallest absolute Gasteiger partial charge is 0.341 e. The number of aromatic nitrogens is 1. The SMILES string of the molecule is CC[N+](CC)(CC)CCCn1c(C)c(C(=O)C(N)=O)c2c(OCC(=O)O)cccc21. The quantitative estimate of drug-likeness (QED) is 0.312. The highest BCUT2D eigenvalue weighted by atomic mass is 16.5. The molecule has 1 aromatic heterocycles. The van der Waals surface area contributed by atoms with Crippen molar-refractivity contribution in [2.75, 3.05) is 32.8 Å². The minimum Gasteiger partial charge on any atom is -0.481 e. The van der Waals surface area contributed by atoms with Crippen molar-refractivity contribution in [3.63, 3.8) is 0 Å². The number of carboxylic acid groups (broad SMARTS) is 1. The molecule has 30 heavy (non-hydrogen) atoms. The zero-order valence-corrected chi connectivity index (χ0v) is 18.2. The van der Waals surface area contributed by atoms with E-state index in [-0.39, 0.29) is 11.3 Å². The predicted molar refractivity (Wildman–Crippen MR) is 115 cm³/mol. The maximum absolute atomic E-state index is 12.6. The zero-order valence-electron chi connectivity index (χ0n) is 18.2. The number of carbonyl (C=O) groups excluding carboxylic acids is 2. The van der Waals surface area contributed by atoms with Crippen LogP contribution in [0.2, 0.25) is 0 Å². The number of benzene rings is 1. The molecular weight excluding hydrogens is 386 g/mol. The Kier molecular flexibility index (Phi) is 7.61. The summed E-state index contributed by atoms with van der Waals surface area (Å²) in [7, 11) is 0. The van der Waals surface area contributed by atoms with E-state index in [1.807, 2.05) is 10.6 Å². The van der Waals surface area contributed by atoms with Crippen LogP contribution in [0.15, 0.2) is 18.2 Å². The molecule has 0 aliphatic carbocycles. The lowest BCUT2D eigenvalue weighted by atomic mass is 10.1. The van der Waals surface area contributed by atoms with E-state index in [9.17, 15) is 14.4 Å². The summed E-state index contributed by atoms with van der Waals surface area (Å²) < 4.78 is 8.42. The number of carboxylic acids is 1. The Labute approximate surface area is 176 Å². The van der Waals surface area contributed by atoms with Crippen molar-refractivity contribution < 1.29 is 28.7 Å². The Hall–Kier alpha value is -2.87. The number of rotatable bonds is 12. The van der Waals surface area contributed by atoms with Gasteiger partial charge >= 0.3 is 5.97 Å². The number of fused-ring (bicyclic) bond motifs is 1. The fraction of sp³-hybridized carbons (Fsp3) is 0.500. The van der Waals surface area contributed by atoms with Crippen LogP contribution in [0, 0.1) is 6.92 Å². The topological polar surface area (TPSA) is 112 Å². The molecule has 1 amide bonds. The molecule has 3 N–H and O–H groups in total.